The predicted molar refractivity (Wildman–Crippen MR) is 85.9 cm³/mol. The summed E-state index contributed by atoms with van der Waals surface area (Å²) in [5, 5.41) is 4.16. The highest BCUT2D eigenvalue weighted by molar-refractivity contribution is 6.31. The Kier molecular flexibility index (Phi) is 4.67. The number of ether oxygens (including phenoxy) is 1. The number of rotatable bonds is 4. The molecule has 1 saturated carbocycles. The minimum atomic E-state index is 0.383. The van der Waals surface area contributed by atoms with Gasteiger partial charge in [-0.3, -0.25) is 0 Å². The zero-order chi connectivity index (χ0) is 14.8. The maximum atomic E-state index is 6.28. The third-order valence-electron chi connectivity index (χ3n) is 4.40. The topological polar surface area (TPSA) is 37.4 Å². The van der Waals surface area contributed by atoms with Gasteiger partial charge in [0.2, 0.25) is 0 Å². The summed E-state index contributed by atoms with van der Waals surface area (Å²) < 4.78 is 5.88. The second-order valence-corrected chi connectivity index (χ2v) is 6.68. The Morgan fingerprint density at radius 3 is 3.14 bits per heavy atom. The number of nitrogens with zero attached hydrogens (tertiary/aromatic N) is 2. The fourth-order valence-corrected chi connectivity index (χ4v) is 3.45. The van der Waals surface area contributed by atoms with Crippen LogP contribution in [0.3, 0.4) is 0 Å². The molecule has 0 spiro atoms. The minimum absolute atomic E-state index is 0.383. The van der Waals surface area contributed by atoms with E-state index in [2.05, 4.69) is 35.1 Å². The molecule has 0 aromatic carbocycles. The van der Waals surface area contributed by atoms with Crippen molar-refractivity contribution in [3.63, 3.8) is 0 Å². The number of morpholine rings is 1. The molecule has 0 amide bonds. The fraction of sp³-hybridized carbons (Fsp3) is 0.688. The highest BCUT2D eigenvalue weighted by Crippen LogP contribution is 2.33. The average molecular weight is 310 g/mol. The highest BCUT2D eigenvalue weighted by atomic mass is 35.5. The number of anilines is 1. The molecule has 1 aromatic rings. The molecular formula is C16H24ClN3O. The Morgan fingerprint density at radius 2 is 2.33 bits per heavy atom. The molecule has 2 atom stereocenters. The summed E-state index contributed by atoms with van der Waals surface area (Å²) in [5.41, 5.74) is 1.12. The van der Waals surface area contributed by atoms with E-state index in [0.29, 0.717) is 18.2 Å². The van der Waals surface area contributed by atoms with Crippen LogP contribution in [0.1, 0.15) is 38.7 Å². The number of aromatic nitrogens is 1. The van der Waals surface area contributed by atoms with Crippen molar-refractivity contribution >= 4 is 17.4 Å². The first-order chi connectivity index (χ1) is 10.1. The third-order valence-corrected chi connectivity index (χ3v) is 4.74. The van der Waals surface area contributed by atoms with Crippen molar-refractivity contribution in [2.45, 2.75) is 57.8 Å². The van der Waals surface area contributed by atoms with E-state index in [1.807, 2.05) is 0 Å². The van der Waals surface area contributed by atoms with Crippen molar-refractivity contribution < 1.29 is 4.74 Å². The van der Waals surface area contributed by atoms with Crippen molar-refractivity contribution in [2.75, 3.05) is 18.1 Å². The maximum absolute atomic E-state index is 6.28. The summed E-state index contributed by atoms with van der Waals surface area (Å²) in [6.07, 6.45) is 5.80. The van der Waals surface area contributed by atoms with E-state index in [1.54, 1.807) is 6.20 Å². The summed E-state index contributed by atoms with van der Waals surface area (Å²) in [5.74, 6) is 1.04. The van der Waals surface area contributed by atoms with Crippen molar-refractivity contribution in [3.05, 3.63) is 22.8 Å². The van der Waals surface area contributed by atoms with Gasteiger partial charge in [0.05, 0.1) is 23.8 Å². The van der Waals surface area contributed by atoms with Crippen LogP contribution in [0.15, 0.2) is 12.3 Å². The summed E-state index contributed by atoms with van der Waals surface area (Å²) in [7, 11) is 0. The molecule has 3 rings (SSSR count). The van der Waals surface area contributed by atoms with Crippen LogP contribution in [0.5, 0.6) is 0 Å². The lowest BCUT2D eigenvalue weighted by Crippen LogP contribution is -2.49. The normalized spacial score (nSPS) is 25.4. The first-order valence-corrected chi connectivity index (χ1v) is 8.29. The molecule has 2 unspecified atom stereocenters. The molecule has 4 nitrogen and oxygen atoms in total. The van der Waals surface area contributed by atoms with Crippen molar-refractivity contribution in [1.29, 1.82) is 0 Å². The number of nitrogens with one attached hydrogen (secondary N) is 1. The van der Waals surface area contributed by atoms with Crippen molar-refractivity contribution in [2.24, 2.45) is 0 Å². The predicted octanol–water partition coefficient (Wildman–Crippen LogP) is 2.99. The lowest BCUT2D eigenvalue weighted by molar-refractivity contribution is 0.0253. The van der Waals surface area contributed by atoms with Crippen LogP contribution >= 0.6 is 11.6 Å². The van der Waals surface area contributed by atoms with Gasteiger partial charge in [0.15, 0.2) is 0 Å². The molecule has 2 aliphatic rings. The minimum Gasteiger partial charge on any atom is -0.374 e. The summed E-state index contributed by atoms with van der Waals surface area (Å²) in [6.45, 7) is 6.78. The van der Waals surface area contributed by atoms with E-state index < -0.39 is 0 Å². The number of hydrogen-bond donors (Lipinski definition) is 1. The molecule has 2 heterocycles. The van der Waals surface area contributed by atoms with Gasteiger partial charge in [-0.2, -0.15) is 0 Å². The Labute approximate surface area is 131 Å². The van der Waals surface area contributed by atoms with Gasteiger partial charge >= 0.3 is 0 Å². The smallest absolute Gasteiger partial charge is 0.129 e. The summed E-state index contributed by atoms with van der Waals surface area (Å²) in [6, 6.07) is 3.07. The van der Waals surface area contributed by atoms with E-state index in [1.165, 1.54) is 19.3 Å². The van der Waals surface area contributed by atoms with Crippen LogP contribution in [0, 0.1) is 0 Å². The standard InChI is InChI=1S/C16H24ClN3O/c1-11(2)18-9-12-8-16(19-10-13(12)17)20-6-7-21-15-5-3-4-14(15)20/h8,10-11,14-15,18H,3-7,9H2,1-2H3. The van der Waals surface area contributed by atoms with Crippen LogP contribution in [0.25, 0.3) is 0 Å². The largest absolute Gasteiger partial charge is 0.374 e. The van der Waals surface area contributed by atoms with E-state index in [4.69, 9.17) is 16.3 Å². The van der Waals surface area contributed by atoms with Gasteiger partial charge in [0.1, 0.15) is 5.82 Å². The lowest BCUT2D eigenvalue weighted by atomic mass is 10.1. The monoisotopic (exact) mass is 309 g/mol. The van der Waals surface area contributed by atoms with Gasteiger partial charge in [-0.15, -0.1) is 0 Å². The van der Waals surface area contributed by atoms with Crippen LogP contribution in [-0.2, 0) is 11.3 Å². The summed E-state index contributed by atoms with van der Waals surface area (Å²) in [4.78, 5) is 6.97. The number of pyridine rings is 1. The molecule has 1 aromatic heterocycles. The van der Waals surface area contributed by atoms with Gasteiger partial charge in [-0.1, -0.05) is 25.4 Å². The SMILES string of the molecule is CC(C)NCc1cc(N2CCOC3CCCC32)ncc1Cl. The molecule has 5 heteroatoms. The second kappa shape index (κ2) is 6.51. The van der Waals surface area contributed by atoms with Gasteiger partial charge in [0.25, 0.3) is 0 Å². The first-order valence-electron chi connectivity index (χ1n) is 7.91. The van der Waals surface area contributed by atoms with E-state index in [-0.39, 0.29) is 0 Å². The zero-order valence-corrected chi connectivity index (χ0v) is 13.6. The van der Waals surface area contributed by atoms with Crippen molar-refractivity contribution in [3.8, 4) is 0 Å². The first kappa shape index (κ1) is 15.1. The zero-order valence-electron chi connectivity index (χ0n) is 12.8. The van der Waals surface area contributed by atoms with Gasteiger partial charge in [-0.05, 0) is 30.9 Å². The molecule has 0 radical (unpaired) electrons. The van der Waals surface area contributed by atoms with Crippen LogP contribution in [-0.4, -0.2) is 36.3 Å². The second-order valence-electron chi connectivity index (χ2n) is 6.27. The molecule has 0 bridgehead atoms. The van der Waals surface area contributed by atoms with Crippen LogP contribution in [0.2, 0.25) is 5.02 Å². The molecule has 1 N–H and O–H groups in total. The molecule has 1 aliphatic carbocycles. The number of fused-ring (bicyclic) bond motifs is 1. The molecule has 21 heavy (non-hydrogen) atoms. The van der Waals surface area contributed by atoms with Gasteiger partial charge < -0.3 is 15.0 Å². The van der Waals surface area contributed by atoms with Crippen molar-refractivity contribution in [1.82, 2.24) is 10.3 Å². The van der Waals surface area contributed by atoms with E-state index in [0.717, 1.165) is 36.1 Å². The number of hydrogen-bond acceptors (Lipinski definition) is 4. The molecule has 2 fully saturated rings. The average Bonchev–Trinajstić information content (AvgIpc) is 2.94. The lowest BCUT2D eigenvalue weighted by Gasteiger charge is -2.38. The highest BCUT2D eigenvalue weighted by Gasteiger charge is 2.36. The Morgan fingerprint density at radius 1 is 1.48 bits per heavy atom. The Bertz CT molecular complexity index is 494. The summed E-state index contributed by atoms with van der Waals surface area (Å²) >= 11 is 6.28. The maximum Gasteiger partial charge on any atom is 0.129 e. The van der Waals surface area contributed by atoms with Gasteiger partial charge in [-0.25, -0.2) is 4.98 Å². The fourth-order valence-electron chi connectivity index (χ4n) is 3.28. The molecule has 116 valence electrons. The molecule has 1 saturated heterocycles. The van der Waals surface area contributed by atoms with E-state index in [9.17, 15) is 0 Å². The van der Waals surface area contributed by atoms with E-state index >= 15 is 0 Å². The van der Waals surface area contributed by atoms with Gasteiger partial charge in [0, 0.05) is 25.3 Å². The molecular weight excluding hydrogens is 286 g/mol. The molecule has 1 aliphatic heterocycles. The van der Waals surface area contributed by atoms with Crippen LogP contribution in [0.4, 0.5) is 5.82 Å². The van der Waals surface area contributed by atoms with Crippen LogP contribution < -0.4 is 10.2 Å². The Hall–Kier alpha value is -0.840. The third kappa shape index (κ3) is 3.33. The number of halogens is 1. The Balaban J connectivity index is 1.79. The quantitative estimate of drug-likeness (QED) is 0.928.